The molecule has 0 unspecified atom stereocenters. The SMILES string of the molecule is Cn1cc(SCCc2ccccc2N)cn1. The van der Waals surface area contributed by atoms with Gasteiger partial charge >= 0.3 is 0 Å². The van der Waals surface area contributed by atoms with Gasteiger partial charge in [-0.05, 0) is 18.1 Å². The van der Waals surface area contributed by atoms with Gasteiger partial charge in [-0.1, -0.05) is 18.2 Å². The Labute approximate surface area is 99.7 Å². The lowest BCUT2D eigenvalue weighted by molar-refractivity contribution is 0.766. The van der Waals surface area contributed by atoms with Gasteiger partial charge in [-0.15, -0.1) is 11.8 Å². The summed E-state index contributed by atoms with van der Waals surface area (Å²) in [5.41, 5.74) is 7.98. The quantitative estimate of drug-likeness (QED) is 0.651. The van der Waals surface area contributed by atoms with Gasteiger partial charge < -0.3 is 5.73 Å². The lowest BCUT2D eigenvalue weighted by atomic mass is 10.1. The van der Waals surface area contributed by atoms with Crippen LogP contribution in [0.5, 0.6) is 0 Å². The second-order valence-corrected chi connectivity index (χ2v) is 4.82. The third-order valence-corrected chi connectivity index (χ3v) is 3.33. The topological polar surface area (TPSA) is 43.8 Å². The van der Waals surface area contributed by atoms with E-state index in [9.17, 15) is 0 Å². The van der Waals surface area contributed by atoms with Crippen LogP contribution in [0, 0.1) is 0 Å². The summed E-state index contributed by atoms with van der Waals surface area (Å²) in [4.78, 5) is 1.21. The number of rotatable bonds is 4. The molecule has 1 aromatic heterocycles. The van der Waals surface area contributed by atoms with Crippen molar-refractivity contribution in [3.05, 3.63) is 42.2 Å². The van der Waals surface area contributed by atoms with Crippen LogP contribution in [0.3, 0.4) is 0 Å². The molecule has 3 nitrogen and oxygen atoms in total. The first kappa shape index (κ1) is 11.1. The zero-order valence-electron chi connectivity index (χ0n) is 9.26. The summed E-state index contributed by atoms with van der Waals surface area (Å²) < 4.78 is 1.82. The average molecular weight is 233 g/mol. The highest BCUT2D eigenvalue weighted by molar-refractivity contribution is 7.99. The third kappa shape index (κ3) is 2.79. The van der Waals surface area contributed by atoms with E-state index in [0.29, 0.717) is 0 Å². The van der Waals surface area contributed by atoms with Crippen molar-refractivity contribution >= 4 is 17.4 Å². The molecule has 0 bridgehead atoms. The summed E-state index contributed by atoms with van der Waals surface area (Å²) in [7, 11) is 1.93. The van der Waals surface area contributed by atoms with Crippen molar-refractivity contribution in [1.29, 1.82) is 0 Å². The fourth-order valence-corrected chi connectivity index (χ4v) is 2.42. The van der Waals surface area contributed by atoms with Crippen LogP contribution in [0.15, 0.2) is 41.6 Å². The average Bonchev–Trinajstić information content (AvgIpc) is 2.67. The number of hydrogen-bond donors (Lipinski definition) is 1. The Hall–Kier alpha value is -1.42. The Bertz CT molecular complexity index is 465. The first-order valence-electron chi connectivity index (χ1n) is 5.20. The van der Waals surface area contributed by atoms with Crippen LogP contribution in [0.1, 0.15) is 5.56 Å². The van der Waals surface area contributed by atoms with Crippen LogP contribution in [-0.4, -0.2) is 15.5 Å². The van der Waals surface area contributed by atoms with Gasteiger partial charge in [0.05, 0.1) is 6.20 Å². The lowest BCUT2D eigenvalue weighted by Gasteiger charge is -2.03. The summed E-state index contributed by atoms with van der Waals surface area (Å²) in [6, 6.07) is 8.02. The summed E-state index contributed by atoms with van der Waals surface area (Å²) in [6.45, 7) is 0. The highest BCUT2D eigenvalue weighted by atomic mass is 32.2. The molecule has 0 atom stereocenters. The van der Waals surface area contributed by atoms with Crippen molar-refractivity contribution in [2.24, 2.45) is 7.05 Å². The molecule has 2 rings (SSSR count). The molecule has 2 N–H and O–H groups in total. The summed E-state index contributed by atoms with van der Waals surface area (Å²) in [5, 5.41) is 4.13. The Morgan fingerprint density at radius 2 is 2.19 bits per heavy atom. The molecular weight excluding hydrogens is 218 g/mol. The number of benzene rings is 1. The number of nitrogens with zero attached hydrogens (tertiary/aromatic N) is 2. The van der Waals surface area contributed by atoms with Gasteiger partial charge in [-0.3, -0.25) is 4.68 Å². The number of para-hydroxylation sites is 1. The number of aryl methyl sites for hydroxylation is 2. The smallest absolute Gasteiger partial charge is 0.0625 e. The Morgan fingerprint density at radius 1 is 1.38 bits per heavy atom. The molecule has 0 fully saturated rings. The minimum atomic E-state index is 0.884. The first-order chi connectivity index (χ1) is 7.75. The van der Waals surface area contributed by atoms with E-state index >= 15 is 0 Å². The molecule has 0 amide bonds. The number of nitrogens with two attached hydrogens (primary N) is 1. The third-order valence-electron chi connectivity index (χ3n) is 2.38. The zero-order chi connectivity index (χ0) is 11.4. The fraction of sp³-hybridized carbons (Fsp3) is 0.250. The van der Waals surface area contributed by atoms with Crippen molar-refractivity contribution in [3.8, 4) is 0 Å². The molecule has 16 heavy (non-hydrogen) atoms. The van der Waals surface area contributed by atoms with Gasteiger partial charge in [0.25, 0.3) is 0 Å². The molecule has 0 aliphatic heterocycles. The van der Waals surface area contributed by atoms with Crippen molar-refractivity contribution in [1.82, 2.24) is 9.78 Å². The summed E-state index contributed by atoms with van der Waals surface area (Å²) in [5.74, 6) is 1.03. The molecule has 2 aromatic rings. The van der Waals surface area contributed by atoms with Gasteiger partial charge in [0.2, 0.25) is 0 Å². The van der Waals surface area contributed by atoms with E-state index in [4.69, 9.17) is 5.73 Å². The molecule has 84 valence electrons. The van der Waals surface area contributed by atoms with Crippen LogP contribution in [-0.2, 0) is 13.5 Å². The van der Waals surface area contributed by atoms with Gasteiger partial charge in [0.15, 0.2) is 0 Å². The van der Waals surface area contributed by atoms with Gasteiger partial charge in [-0.25, -0.2) is 0 Å². The van der Waals surface area contributed by atoms with Crippen LogP contribution >= 0.6 is 11.8 Å². The Kier molecular flexibility index (Phi) is 3.51. The van der Waals surface area contributed by atoms with E-state index < -0.39 is 0 Å². The maximum atomic E-state index is 5.88. The van der Waals surface area contributed by atoms with E-state index in [1.165, 1.54) is 10.5 Å². The van der Waals surface area contributed by atoms with Gasteiger partial charge in [0, 0.05) is 29.6 Å². The number of anilines is 1. The van der Waals surface area contributed by atoms with Crippen LogP contribution < -0.4 is 5.73 Å². The molecule has 1 aromatic carbocycles. The number of aromatic nitrogens is 2. The largest absolute Gasteiger partial charge is 0.399 e. The van der Waals surface area contributed by atoms with E-state index in [1.54, 1.807) is 11.8 Å². The number of hydrogen-bond acceptors (Lipinski definition) is 3. The molecule has 0 aliphatic carbocycles. The standard InChI is InChI=1S/C12H15N3S/c1-15-9-11(8-14-15)16-7-6-10-4-2-3-5-12(10)13/h2-5,8-9H,6-7,13H2,1H3. The molecule has 4 heteroatoms. The molecule has 0 aliphatic rings. The minimum Gasteiger partial charge on any atom is -0.399 e. The molecule has 1 heterocycles. The Balaban J connectivity index is 1.87. The van der Waals surface area contributed by atoms with Crippen LogP contribution in [0.4, 0.5) is 5.69 Å². The second kappa shape index (κ2) is 5.07. The number of thioether (sulfide) groups is 1. The molecule has 0 radical (unpaired) electrons. The van der Waals surface area contributed by atoms with Crippen LogP contribution in [0.25, 0.3) is 0 Å². The monoisotopic (exact) mass is 233 g/mol. The van der Waals surface area contributed by atoms with E-state index in [0.717, 1.165) is 17.9 Å². The van der Waals surface area contributed by atoms with Crippen molar-refractivity contribution in [3.63, 3.8) is 0 Å². The maximum absolute atomic E-state index is 5.88. The zero-order valence-corrected chi connectivity index (χ0v) is 10.1. The molecule has 0 spiro atoms. The minimum absolute atomic E-state index is 0.884. The molecule has 0 saturated carbocycles. The number of nitrogen functional groups attached to an aromatic ring is 1. The maximum Gasteiger partial charge on any atom is 0.0625 e. The highest BCUT2D eigenvalue weighted by Crippen LogP contribution is 2.19. The van der Waals surface area contributed by atoms with Crippen molar-refractivity contribution in [2.45, 2.75) is 11.3 Å². The predicted molar refractivity (Wildman–Crippen MR) is 68.5 cm³/mol. The molecular formula is C12H15N3S. The second-order valence-electron chi connectivity index (χ2n) is 3.65. The van der Waals surface area contributed by atoms with E-state index in [1.807, 2.05) is 42.3 Å². The first-order valence-corrected chi connectivity index (χ1v) is 6.19. The Morgan fingerprint density at radius 3 is 2.88 bits per heavy atom. The van der Waals surface area contributed by atoms with Gasteiger partial charge in [-0.2, -0.15) is 5.10 Å². The lowest BCUT2D eigenvalue weighted by Crippen LogP contribution is -1.95. The van der Waals surface area contributed by atoms with Crippen LogP contribution in [0.2, 0.25) is 0 Å². The van der Waals surface area contributed by atoms with Gasteiger partial charge in [0.1, 0.15) is 0 Å². The normalized spacial score (nSPS) is 10.6. The summed E-state index contributed by atoms with van der Waals surface area (Å²) >= 11 is 1.81. The highest BCUT2D eigenvalue weighted by Gasteiger charge is 2.00. The predicted octanol–water partition coefficient (Wildman–Crippen LogP) is 2.34. The van der Waals surface area contributed by atoms with E-state index in [2.05, 4.69) is 11.2 Å². The fourth-order valence-electron chi connectivity index (χ4n) is 1.51. The van der Waals surface area contributed by atoms with Crippen molar-refractivity contribution < 1.29 is 0 Å². The summed E-state index contributed by atoms with van der Waals surface area (Å²) in [6.07, 6.45) is 4.91. The van der Waals surface area contributed by atoms with E-state index in [-0.39, 0.29) is 0 Å². The van der Waals surface area contributed by atoms with Crippen molar-refractivity contribution in [2.75, 3.05) is 11.5 Å². The molecule has 0 saturated heterocycles.